The van der Waals surface area contributed by atoms with Crippen LogP contribution in [0.5, 0.6) is 0 Å². The molecule has 1 aliphatic heterocycles. The van der Waals surface area contributed by atoms with Crippen LogP contribution in [0, 0.1) is 23.2 Å². The van der Waals surface area contributed by atoms with E-state index in [4.69, 9.17) is 21.6 Å². The quantitative estimate of drug-likeness (QED) is 0.298. The van der Waals surface area contributed by atoms with Gasteiger partial charge in [-0.05, 0) is 92.2 Å². The first-order valence-electron chi connectivity index (χ1n) is 15.2. The summed E-state index contributed by atoms with van der Waals surface area (Å²) in [4.78, 5) is 25.7. The lowest BCUT2D eigenvalue weighted by molar-refractivity contribution is -0.112. The first-order chi connectivity index (χ1) is 19.6. The van der Waals surface area contributed by atoms with Gasteiger partial charge < -0.3 is 15.5 Å². The molecule has 2 N–H and O–H groups in total. The molecule has 3 saturated carbocycles. The summed E-state index contributed by atoms with van der Waals surface area (Å²) < 4.78 is 1.73. The number of guanidine groups is 1. The van der Waals surface area contributed by atoms with Crippen molar-refractivity contribution in [1.82, 2.24) is 25.1 Å². The summed E-state index contributed by atoms with van der Waals surface area (Å²) in [6, 6.07) is 14.4. The molecule has 7 nitrogen and oxygen atoms in total. The van der Waals surface area contributed by atoms with E-state index in [1.807, 2.05) is 49.4 Å². The van der Waals surface area contributed by atoms with E-state index in [0.29, 0.717) is 39.3 Å². The summed E-state index contributed by atoms with van der Waals surface area (Å²) in [7, 11) is 0. The third-order valence-corrected chi connectivity index (χ3v) is 10.5. The Morgan fingerprint density at radius 1 is 1.20 bits per heavy atom. The number of piperazine rings is 1. The summed E-state index contributed by atoms with van der Waals surface area (Å²) in [6.07, 6.45) is 4.95. The second kappa shape index (κ2) is 11.1. The Kier molecular flexibility index (Phi) is 7.62. The molecule has 1 aromatic heterocycles. The number of benzene rings is 2. The number of halogens is 1. The molecule has 218 valence electrons. The van der Waals surface area contributed by atoms with Gasteiger partial charge in [-0.2, -0.15) is 0 Å². The highest BCUT2D eigenvalue weighted by Gasteiger charge is 2.56. The summed E-state index contributed by atoms with van der Waals surface area (Å²) in [5.74, 6) is 3.08. The smallest absolute Gasteiger partial charge is 0.261 e. The first kappa shape index (κ1) is 28.2. The zero-order valence-corrected chi connectivity index (χ0v) is 25.7. The molecular weight excluding hydrogens is 532 g/mol. The van der Waals surface area contributed by atoms with Gasteiger partial charge in [0.2, 0.25) is 0 Å². The van der Waals surface area contributed by atoms with Crippen LogP contribution in [0.15, 0.2) is 58.6 Å². The Morgan fingerprint density at radius 2 is 1.98 bits per heavy atom. The van der Waals surface area contributed by atoms with Crippen LogP contribution in [-0.4, -0.2) is 52.1 Å². The lowest BCUT2D eigenvalue weighted by Crippen LogP contribution is -2.63. The summed E-state index contributed by atoms with van der Waals surface area (Å²) >= 11 is 6.04. The van der Waals surface area contributed by atoms with E-state index in [9.17, 15) is 4.79 Å². The average Bonchev–Trinajstić information content (AvgIpc) is 2.94. The fourth-order valence-electron chi connectivity index (χ4n) is 7.51. The Bertz CT molecular complexity index is 1500. The second-order valence-electron chi connectivity index (χ2n) is 13.3. The van der Waals surface area contributed by atoms with Crippen molar-refractivity contribution in [2.75, 3.05) is 19.6 Å². The highest BCUT2D eigenvalue weighted by Crippen LogP contribution is 2.61. The van der Waals surface area contributed by atoms with Crippen molar-refractivity contribution in [2.45, 2.75) is 72.0 Å². The molecule has 1 saturated heterocycles. The fourth-order valence-corrected chi connectivity index (χ4v) is 7.64. The molecule has 0 unspecified atom stereocenters. The van der Waals surface area contributed by atoms with E-state index in [1.165, 1.54) is 12.8 Å². The number of fused-ring (bicyclic) bond motifs is 3. The molecule has 0 radical (unpaired) electrons. The van der Waals surface area contributed by atoms with Gasteiger partial charge in [-0.25, -0.2) is 9.98 Å². The van der Waals surface area contributed by atoms with Crippen molar-refractivity contribution in [1.29, 1.82) is 0 Å². The van der Waals surface area contributed by atoms with Crippen molar-refractivity contribution >= 4 is 34.2 Å². The molecule has 0 amide bonds. The Labute approximate surface area is 248 Å². The topological polar surface area (TPSA) is 74.5 Å². The molecule has 2 bridgehead atoms. The Balaban J connectivity index is 1.26. The van der Waals surface area contributed by atoms with Gasteiger partial charge in [-0.1, -0.05) is 44.5 Å². The predicted octanol–water partition coefficient (Wildman–Crippen LogP) is 5.80. The first-order valence-corrected chi connectivity index (χ1v) is 15.6. The van der Waals surface area contributed by atoms with Gasteiger partial charge in [0, 0.05) is 42.8 Å². The lowest BCUT2D eigenvalue weighted by atomic mass is 9.45. The monoisotopic (exact) mass is 574 g/mol. The Hall–Kier alpha value is -2.90. The molecule has 41 heavy (non-hydrogen) atoms. The SMILES string of the molecule is C[C@H]1[C@@H](NC(=Nc2ccc3c(=O)n([C@H](C)Cc4ccc(Cl)cc4)cnc3c2)N2CCN[C@@H](C)C2)C[C@@H]2C[C@@H]1C2(C)C. The normalized spacial score (nSPS) is 28.3. The maximum atomic E-state index is 13.5. The van der Waals surface area contributed by atoms with Crippen LogP contribution in [0.1, 0.15) is 59.1 Å². The molecule has 3 aromatic rings. The molecule has 3 aliphatic carbocycles. The van der Waals surface area contributed by atoms with E-state index >= 15 is 0 Å². The van der Waals surface area contributed by atoms with Crippen molar-refractivity contribution < 1.29 is 0 Å². The second-order valence-corrected chi connectivity index (χ2v) is 13.7. The van der Waals surface area contributed by atoms with Crippen LogP contribution in [0.4, 0.5) is 5.69 Å². The number of hydrogen-bond acceptors (Lipinski definition) is 4. The molecule has 6 atom stereocenters. The van der Waals surface area contributed by atoms with E-state index in [-0.39, 0.29) is 11.6 Å². The minimum absolute atomic E-state index is 0.0286. The van der Waals surface area contributed by atoms with Crippen molar-refractivity contribution in [3.05, 3.63) is 69.7 Å². The van der Waals surface area contributed by atoms with Crippen LogP contribution in [-0.2, 0) is 6.42 Å². The maximum Gasteiger partial charge on any atom is 0.261 e. The van der Waals surface area contributed by atoms with Crippen molar-refractivity contribution in [2.24, 2.45) is 28.2 Å². The summed E-state index contributed by atoms with van der Waals surface area (Å²) in [6.45, 7) is 14.3. The number of aromatic nitrogens is 2. The van der Waals surface area contributed by atoms with Gasteiger partial charge in [-0.15, -0.1) is 0 Å². The van der Waals surface area contributed by atoms with Crippen molar-refractivity contribution in [3.63, 3.8) is 0 Å². The van der Waals surface area contributed by atoms with Crippen LogP contribution >= 0.6 is 11.6 Å². The van der Waals surface area contributed by atoms with Gasteiger partial charge in [0.15, 0.2) is 5.96 Å². The lowest BCUT2D eigenvalue weighted by Gasteiger charge is -2.62. The van der Waals surface area contributed by atoms with Crippen LogP contribution in [0.3, 0.4) is 0 Å². The van der Waals surface area contributed by atoms with E-state index in [1.54, 1.807) is 10.9 Å². The predicted molar refractivity (Wildman–Crippen MR) is 168 cm³/mol. The standard InChI is InChI=1S/C33H43ClN6O/c1-20-18-39(13-12-35-20)32(38-29-16-24-15-28(22(29)3)33(24,4)5)37-26-10-11-27-30(17-26)36-19-40(31(27)41)21(2)14-23-6-8-25(34)9-7-23/h6-11,17,19-22,24,28-29,35H,12-16,18H2,1-5H3,(H,37,38)/t20-,21+,22+,24-,28-,29-/m0/s1. The summed E-state index contributed by atoms with van der Waals surface area (Å²) in [5, 5.41) is 8.78. The molecule has 2 heterocycles. The van der Waals surface area contributed by atoms with Crippen LogP contribution in [0.2, 0.25) is 5.02 Å². The zero-order valence-electron chi connectivity index (χ0n) is 24.9. The third kappa shape index (κ3) is 5.51. The zero-order chi connectivity index (χ0) is 28.9. The minimum atomic E-state index is -0.0301. The number of nitrogens with one attached hydrogen (secondary N) is 2. The van der Waals surface area contributed by atoms with Gasteiger partial charge in [0.25, 0.3) is 5.56 Å². The molecule has 0 spiro atoms. The Morgan fingerprint density at radius 3 is 2.68 bits per heavy atom. The molecule has 2 aromatic carbocycles. The average molecular weight is 575 g/mol. The van der Waals surface area contributed by atoms with Crippen LogP contribution < -0.4 is 16.2 Å². The highest BCUT2D eigenvalue weighted by molar-refractivity contribution is 6.30. The van der Waals surface area contributed by atoms with E-state index in [2.05, 4.69) is 43.2 Å². The number of rotatable bonds is 5. The van der Waals surface area contributed by atoms with E-state index in [0.717, 1.165) is 55.1 Å². The molecular formula is C33H43ClN6O. The number of hydrogen-bond donors (Lipinski definition) is 2. The third-order valence-electron chi connectivity index (χ3n) is 10.3. The minimum Gasteiger partial charge on any atom is -0.353 e. The summed E-state index contributed by atoms with van der Waals surface area (Å²) in [5.41, 5.74) is 3.04. The van der Waals surface area contributed by atoms with E-state index < -0.39 is 0 Å². The molecule has 4 fully saturated rings. The van der Waals surface area contributed by atoms with Crippen LogP contribution in [0.25, 0.3) is 10.9 Å². The number of aliphatic imine (C=N–C) groups is 1. The molecule has 7 rings (SSSR count). The van der Waals surface area contributed by atoms with Gasteiger partial charge >= 0.3 is 0 Å². The van der Waals surface area contributed by atoms with Crippen molar-refractivity contribution in [3.8, 4) is 0 Å². The van der Waals surface area contributed by atoms with Gasteiger partial charge in [0.05, 0.1) is 22.9 Å². The molecule has 4 aliphatic rings. The number of nitrogens with zero attached hydrogens (tertiary/aromatic N) is 4. The van der Waals surface area contributed by atoms with Gasteiger partial charge in [0.1, 0.15) is 0 Å². The maximum absolute atomic E-state index is 13.5. The largest absolute Gasteiger partial charge is 0.353 e. The van der Waals surface area contributed by atoms with Gasteiger partial charge in [-0.3, -0.25) is 9.36 Å². The fraction of sp³-hybridized carbons (Fsp3) is 0.545. The molecule has 8 heteroatoms. The highest BCUT2D eigenvalue weighted by atomic mass is 35.5.